The maximum atomic E-state index is 12.4. The van der Waals surface area contributed by atoms with Crippen LogP contribution in [-0.4, -0.2) is 22.9 Å². The number of benzene rings is 1. The van der Waals surface area contributed by atoms with Gasteiger partial charge in [0.15, 0.2) is 0 Å². The minimum Gasteiger partial charge on any atom is -0.478 e. The fourth-order valence-electron chi connectivity index (χ4n) is 2.86. The van der Waals surface area contributed by atoms with Crippen LogP contribution in [0.25, 0.3) is 0 Å². The SMILES string of the molecule is O=C(O)c1cccc(N2C(=O)[C@H]3CC=C(Cl)C[C@H]3C2=O)c1. The summed E-state index contributed by atoms with van der Waals surface area (Å²) in [4.78, 5) is 37.0. The molecule has 2 atom stereocenters. The molecule has 3 rings (SSSR count). The summed E-state index contributed by atoms with van der Waals surface area (Å²) in [6, 6.07) is 5.84. The lowest BCUT2D eigenvalue weighted by atomic mass is 9.85. The van der Waals surface area contributed by atoms with E-state index in [-0.39, 0.29) is 17.4 Å². The molecule has 0 radical (unpaired) electrons. The number of halogens is 1. The summed E-state index contributed by atoms with van der Waals surface area (Å²) < 4.78 is 0. The predicted molar refractivity (Wildman–Crippen MR) is 76.0 cm³/mol. The van der Waals surface area contributed by atoms with E-state index in [2.05, 4.69) is 0 Å². The van der Waals surface area contributed by atoms with Crippen molar-refractivity contribution in [1.29, 1.82) is 0 Å². The first kappa shape index (κ1) is 13.8. The van der Waals surface area contributed by atoms with Crippen LogP contribution in [0.2, 0.25) is 0 Å². The summed E-state index contributed by atoms with van der Waals surface area (Å²) in [6.45, 7) is 0. The highest BCUT2D eigenvalue weighted by atomic mass is 35.5. The number of imide groups is 1. The van der Waals surface area contributed by atoms with Crippen molar-refractivity contribution in [2.75, 3.05) is 4.90 Å². The third kappa shape index (κ3) is 2.23. The number of carbonyl (C=O) groups is 3. The second-order valence-electron chi connectivity index (χ2n) is 5.17. The molecule has 0 spiro atoms. The summed E-state index contributed by atoms with van der Waals surface area (Å²) in [6.07, 6.45) is 2.58. The van der Waals surface area contributed by atoms with Gasteiger partial charge < -0.3 is 5.11 Å². The molecule has 21 heavy (non-hydrogen) atoms. The summed E-state index contributed by atoms with van der Waals surface area (Å²) in [5.41, 5.74) is 0.342. The van der Waals surface area contributed by atoms with Crippen molar-refractivity contribution in [3.63, 3.8) is 0 Å². The van der Waals surface area contributed by atoms with Gasteiger partial charge in [-0.1, -0.05) is 23.7 Å². The molecule has 108 valence electrons. The molecule has 1 aliphatic heterocycles. The largest absolute Gasteiger partial charge is 0.478 e. The van der Waals surface area contributed by atoms with Crippen LogP contribution in [0.4, 0.5) is 5.69 Å². The van der Waals surface area contributed by atoms with Crippen LogP contribution in [0.15, 0.2) is 35.4 Å². The second kappa shape index (κ2) is 5.00. The number of carboxylic acid groups (broad SMARTS) is 1. The standard InChI is InChI=1S/C15H12ClNO4/c16-9-4-5-11-12(7-9)14(19)17(13(11)18)10-3-1-2-8(6-10)15(20)21/h1-4,6,11-12H,5,7H2,(H,20,21)/t11-,12+/m0/s1. The Morgan fingerprint density at radius 3 is 2.67 bits per heavy atom. The lowest BCUT2D eigenvalue weighted by Gasteiger charge is -2.17. The third-order valence-corrected chi connectivity index (χ3v) is 4.23. The molecule has 2 aliphatic rings. The number of hydrogen-bond acceptors (Lipinski definition) is 3. The van der Waals surface area contributed by atoms with Gasteiger partial charge >= 0.3 is 5.97 Å². The van der Waals surface area contributed by atoms with E-state index in [0.717, 1.165) is 4.90 Å². The number of nitrogens with zero attached hydrogens (tertiary/aromatic N) is 1. The van der Waals surface area contributed by atoms with Crippen molar-refractivity contribution in [2.45, 2.75) is 12.8 Å². The Balaban J connectivity index is 1.97. The molecular formula is C15H12ClNO4. The second-order valence-corrected chi connectivity index (χ2v) is 5.66. The Morgan fingerprint density at radius 1 is 1.24 bits per heavy atom. The van der Waals surface area contributed by atoms with Crippen molar-refractivity contribution in [3.8, 4) is 0 Å². The zero-order valence-corrected chi connectivity index (χ0v) is 11.7. The molecule has 0 saturated carbocycles. The Morgan fingerprint density at radius 2 is 1.95 bits per heavy atom. The molecule has 1 N–H and O–H groups in total. The van der Waals surface area contributed by atoms with Gasteiger partial charge in [-0.05, 0) is 31.0 Å². The molecule has 0 bridgehead atoms. The van der Waals surface area contributed by atoms with Crippen molar-refractivity contribution in [1.82, 2.24) is 0 Å². The molecule has 2 amide bonds. The lowest BCUT2D eigenvalue weighted by Crippen LogP contribution is -2.31. The van der Waals surface area contributed by atoms with Crippen LogP contribution in [0.1, 0.15) is 23.2 Å². The number of carbonyl (C=O) groups excluding carboxylic acids is 2. The molecule has 0 aromatic heterocycles. The summed E-state index contributed by atoms with van der Waals surface area (Å²) >= 11 is 5.96. The van der Waals surface area contributed by atoms with Gasteiger partial charge in [0.1, 0.15) is 0 Å². The number of anilines is 1. The van der Waals surface area contributed by atoms with Crippen molar-refractivity contribution >= 4 is 35.1 Å². The average Bonchev–Trinajstić information content (AvgIpc) is 2.70. The van der Waals surface area contributed by atoms with Crippen molar-refractivity contribution in [3.05, 3.63) is 40.9 Å². The number of allylic oxidation sites excluding steroid dienone is 2. The molecule has 1 aromatic carbocycles. The number of fused-ring (bicyclic) bond motifs is 1. The topological polar surface area (TPSA) is 74.7 Å². The zero-order chi connectivity index (χ0) is 15.1. The molecule has 1 heterocycles. The van der Waals surface area contributed by atoms with Crippen molar-refractivity contribution < 1.29 is 19.5 Å². The van der Waals surface area contributed by atoms with E-state index < -0.39 is 17.8 Å². The van der Waals surface area contributed by atoms with Crippen LogP contribution < -0.4 is 4.90 Å². The van der Waals surface area contributed by atoms with E-state index in [1.54, 1.807) is 12.1 Å². The quantitative estimate of drug-likeness (QED) is 0.851. The van der Waals surface area contributed by atoms with E-state index in [4.69, 9.17) is 16.7 Å². The Kier molecular flexibility index (Phi) is 3.29. The van der Waals surface area contributed by atoms with Gasteiger partial charge in [0.2, 0.25) is 11.8 Å². The van der Waals surface area contributed by atoms with Gasteiger partial charge in [-0.15, -0.1) is 0 Å². The molecule has 1 fully saturated rings. The van der Waals surface area contributed by atoms with Gasteiger partial charge in [-0.2, -0.15) is 0 Å². The van der Waals surface area contributed by atoms with Crippen LogP contribution in [0.5, 0.6) is 0 Å². The van der Waals surface area contributed by atoms with Gasteiger partial charge in [0, 0.05) is 5.03 Å². The number of rotatable bonds is 2. The Labute approximate surface area is 125 Å². The number of carboxylic acids is 1. The van der Waals surface area contributed by atoms with E-state index in [9.17, 15) is 14.4 Å². The summed E-state index contributed by atoms with van der Waals surface area (Å²) in [5.74, 6) is -2.53. The average molecular weight is 306 g/mol. The van der Waals surface area contributed by atoms with Crippen LogP contribution in [-0.2, 0) is 9.59 Å². The number of aromatic carboxylic acids is 1. The Bertz CT molecular complexity index is 682. The summed E-state index contributed by atoms with van der Waals surface area (Å²) in [5, 5.41) is 9.61. The van der Waals surface area contributed by atoms with Crippen LogP contribution in [0, 0.1) is 11.8 Å². The van der Waals surface area contributed by atoms with Gasteiger partial charge in [-0.3, -0.25) is 14.5 Å². The van der Waals surface area contributed by atoms with Crippen molar-refractivity contribution in [2.24, 2.45) is 11.8 Å². The minimum absolute atomic E-state index is 0.0409. The molecule has 1 aliphatic carbocycles. The highest BCUT2D eigenvalue weighted by Crippen LogP contribution is 2.40. The first-order valence-corrected chi connectivity index (χ1v) is 6.92. The van der Waals surface area contributed by atoms with Crippen LogP contribution >= 0.6 is 11.6 Å². The molecule has 1 saturated heterocycles. The molecule has 1 aromatic rings. The van der Waals surface area contributed by atoms with Gasteiger partial charge in [0.05, 0.1) is 23.1 Å². The number of hydrogen-bond donors (Lipinski definition) is 1. The Hall–Kier alpha value is -2.14. The molecule has 6 heteroatoms. The summed E-state index contributed by atoms with van der Waals surface area (Å²) in [7, 11) is 0. The highest BCUT2D eigenvalue weighted by molar-refractivity contribution is 6.30. The monoisotopic (exact) mass is 305 g/mol. The molecular weight excluding hydrogens is 294 g/mol. The third-order valence-electron chi connectivity index (χ3n) is 3.92. The molecule has 5 nitrogen and oxygen atoms in total. The highest BCUT2D eigenvalue weighted by Gasteiger charge is 2.49. The van der Waals surface area contributed by atoms with E-state index in [1.165, 1.54) is 18.2 Å². The minimum atomic E-state index is -1.10. The maximum absolute atomic E-state index is 12.4. The molecule has 0 unspecified atom stereocenters. The smallest absolute Gasteiger partial charge is 0.335 e. The normalized spacial score (nSPS) is 24.8. The maximum Gasteiger partial charge on any atom is 0.335 e. The first-order valence-electron chi connectivity index (χ1n) is 6.54. The van der Waals surface area contributed by atoms with E-state index in [1.807, 2.05) is 0 Å². The lowest BCUT2D eigenvalue weighted by molar-refractivity contribution is -0.122. The van der Waals surface area contributed by atoms with Crippen LogP contribution in [0.3, 0.4) is 0 Å². The number of amides is 2. The fourth-order valence-corrected chi connectivity index (χ4v) is 3.12. The van der Waals surface area contributed by atoms with E-state index in [0.29, 0.717) is 23.6 Å². The first-order chi connectivity index (χ1) is 9.99. The zero-order valence-electron chi connectivity index (χ0n) is 11.0. The fraction of sp³-hybridized carbons (Fsp3) is 0.267. The van der Waals surface area contributed by atoms with E-state index >= 15 is 0 Å². The van der Waals surface area contributed by atoms with Gasteiger partial charge in [-0.25, -0.2) is 4.79 Å². The predicted octanol–water partition coefficient (Wildman–Crippen LogP) is 2.41. The van der Waals surface area contributed by atoms with Gasteiger partial charge in [0.25, 0.3) is 0 Å².